The molecule has 0 unspecified atom stereocenters. The minimum atomic E-state index is -0.197. The quantitative estimate of drug-likeness (QED) is 0.580. The van der Waals surface area contributed by atoms with Gasteiger partial charge in [-0.3, -0.25) is 0 Å². The molecule has 0 atom stereocenters. The Hall–Kier alpha value is -2.16. The van der Waals surface area contributed by atoms with E-state index < -0.39 is 0 Å². The maximum Gasteiger partial charge on any atom is 0.128 e. The monoisotopic (exact) mass is 298 g/mol. The summed E-state index contributed by atoms with van der Waals surface area (Å²) in [5.41, 5.74) is 4.72. The normalized spacial score (nSPS) is 11.1. The van der Waals surface area contributed by atoms with Crippen molar-refractivity contribution in [3.63, 3.8) is 0 Å². The highest BCUT2D eigenvalue weighted by Gasteiger charge is 2.08. The van der Waals surface area contributed by atoms with Crippen LogP contribution in [0.3, 0.4) is 0 Å². The minimum Gasteiger partial charge on any atom is -0.366 e. The Labute approximate surface area is 132 Å². The lowest BCUT2D eigenvalue weighted by Gasteiger charge is -2.10. The van der Waals surface area contributed by atoms with Gasteiger partial charge in [0.15, 0.2) is 0 Å². The van der Waals surface area contributed by atoms with E-state index in [2.05, 4.69) is 24.0 Å². The van der Waals surface area contributed by atoms with Crippen molar-refractivity contribution in [3.05, 3.63) is 64.5 Å². The number of benzene rings is 2. The van der Waals surface area contributed by atoms with Crippen molar-refractivity contribution in [2.75, 3.05) is 13.6 Å². The molecule has 2 aromatic carbocycles. The second-order valence-electron chi connectivity index (χ2n) is 5.71. The van der Waals surface area contributed by atoms with E-state index in [0.717, 1.165) is 17.7 Å². The van der Waals surface area contributed by atoms with Crippen molar-refractivity contribution in [2.24, 2.45) is 4.99 Å². The third-order valence-electron chi connectivity index (χ3n) is 3.77. The third kappa shape index (κ3) is 4.17. The average Bonchev–Trinajstić information content (AvgIpc) is 2.51. The summed E-state index contributed by atoms with van der Waals surface area (Å²) in [5, 5.41) is 0. The highest BCUT2D eigenvalue weighted by molar-refractivity contribution is 5.63. The van der Waals surface area contributed by atoms with Crippen molar-refractivity contribution in [2.45, 2.75) is 27.2 Å². The molecule has 22 heavy (non-hydrogen) atoms. The molecule has 0 N–H and O–H groups in total. The molecule has 2 aromatic rings. The van der Waals surface area contributed by atoms with Crippen LogP contribution in [0.4, 0.5) is 10.1 Å². The van der Waals surface area contributed by atoms with E-state index in [-0.39, 0.29) is 5.82 Å². The average molecular weight is 298 g/mol. The molecule has 0 fully saturated rings. The molecule has 0 aliphatic rings. The number of hydrogen-bond acceptors (Lipinski definition) is 1. The minimum absolute atomic E-state index is 0.197. The lowest BCUT2D eigenvalue weighted by molar-refractivity contribution is 0.552. The molecular formula is C19H23FN2. The predicted octanol–water partition coefficient (Wildman–Crippen LogP) is 4.64. The van der Waals surface area contributed by atoms with Crippen molar-refractivity contribution in [3.8, 4) is 0 Å². The van der Waals surface area contributed by atoms with Crippen LogP contribution in [0.25, 0.3) is 0 Å². The largest absolute Gasteiger partial charge is 0.366 e. The number of halogens is 1. The summed E-state index contributed by atoms with van der Waals surface area (Å²) < 4.78 is 14.3. The first-order valence-electron chi connectivity index (χ1n) is 7.58. The van der Waals surface area contributed by atoms with Crippen LogP contribution in [0.5, 0.6) is 0 Å². The van der Waals surface area contributed by atoms with E-state index in [4.69, 9.17) is 0 Å². The van der Waals surface area contributed by atoms with E-state index in [0.29, 0.717) is 17.7 Å². The van der Waals surface area contributed by atoms with Crippen molar-refractivity contribution in [1.29, 1.82) is 0 Å². The summed E-state index contributed by atoms with van der Waals surface area (Å²) >= 11 is 0. The molecule has 0 saturated heterocycles. The fourth-order valence-corrected chi connectivity index (χ4v) is 2.17. The van der Waals surface area contributed by atoms with E-state index in [1.54, 1.807) is 6.34 Å². The molecule has 0 aliphatic carbocycles. The van der Waals surface area contributed by atoms with E-state index in [1.807, 2.05) is 44.0 Å². The Morgan fingerprint density at radius 1 is 1.14 bits per heavy atom. The van der Waals surface area contributed by atoms with E-state index in [1.165, 1.54) is 11.6 Å². The second-order valence-corrected chi connectivity index (χ2v) is 5.71. The Bertz CT molecular complexity index is 660. The molecule has 0 aromatic heterocycles. The maximum atomic E-state index is 14.3. The van der Waals surface area contributed by atoms with Crippen LogP contribution in [0.2, 0.25) is 0 Å². The number of aliphatic imine (C=N–C) groups is 1. The number of hydrogen-bond donors (Lipinski definition) is 0. The SMILES string of the molecule is CCN(C)/C=N/c1cc(F)c(Cc2ccc(C)cc2)cc1C. The number of nitrogens with zero attached hydrogens (tertiary/aromatic N) is 2. The highest BCUT2D eigenvalue weighted by Crippen LogP contribution is 2.24. The zero-order valence-electron chi connectivity index (χ0n) is 13.7. The van der Waals surface area contributed by atoms with Gasteiger partial charge in [-0.05, 0) is 37.5 Å². The molecule has 0 heterocycles. The first kappa shape index (κ1) is 16.2. The van der Waals surface area contributed by atoms with Crippen LogP contribution in [-0.2, 0) is 6.42 Å². The summed E-state index contributed by atoms with van der Waals surface area (Å²) in [7, 11) is 1.95. The Morgan fingerprint density at radius 2 is 1.82 bits per heavy atom. The third-order valence-corrected chi connectivity index (χ3v) is 3.77. The van der Waals surface area contributed by atoms with Crippen LogP contribution in [0.15, 0.2) is 41.4 Å². The van der Waals surface area contributed by atoms with Crippen LogP contribution >= 0.6 is 0 Å². The Morgan fingerprint density at radius 3 is 2.45 bits per heavy atom. The first-order valence-corrected chi connectivity index (χ1v) is 7.58. The molecule has 0 amide bonds. The zero-order valence-corrected chi connectivity index (χ0v) is 13.7. The standard InChI is InChI=1S/C19H23FN2/c1-5-22(4)13-21-19-12-18(20)17(10-15(19)3)11-16-8-6-14(2)7-9-16/h6-10,12-13H,5,11H2,1-4H3/b21-13+. The van der Waals surface area contributed by atoms with Gasteiger partial charge in [0.25, 0.3) is 0 Å². The zero-order chi connectivity index (χ0) is 16.1. The number of aryl methyl sites for hydroxylation is 2. The van der Waals surface area contributed by atoms with Gasteiger partial charge in [-0.15, -0.1) is 0 Å². The first-order chi connectivity index (χ1) is 10.5. The summed E-state index contributed by atoms with van der Waals surface area (Å²) in [6.45, 7) is 6.94. The van der Waals surface area contributed by atoms with Gasteiger partial charge in [0.2, 0.25) is 0 Å². The van der Waals surface area contributed by atoms with Gasteiger partial charge in [-0.2, -0.15) is 0 Å². The van der Waals surface area contributed by atoms with Crippen LogP contribution < -0.4 is 0 Å². The second kappa shape index (κ2) is 7.21. The van der Waals surface area contributed by atoms with Gasteiger partial charge >= 0.3 is 0 Å². The Balaban J connectivity index is 2.22. The smallest absolute Gasteiger partial charge is 0.128 e. The molecule has 0 aliphatic heterocycles. The lowest BCUT2D eigenvalue weighted by Crippen LogP contribution is -2.14. The molecule has 3 heteroatoms. The summed E-state index contributed by atoms with van der Waals surface area (Å²) in [6, 6.07) is 11.6. The van der Waals surface area contributed by atoms with Crippen LogP contribution in [0, 0.1) is 19.7 Å². The molecule has 0 spiro atoms. The Kier molecular flexibility index (Phi) is 5.31. The topological polar surface area (TPSA) is 15.6 Å². The number of rotatable bonds is 5. The highest BCUT2D eigenvalue weighted by atomic mass is 19.1. The van der Waals surface area contributed by atoms with E-state index in [9.17, 15) is 4.39 Å². The van der Waals surface area contributed by atoms with Crippen LogP contribution in [0.1, 0.15) is 29.2 Å². The summed E-state index contributed by atoms with van der Waals surface area (Å²) in [6.07, 6.45) is 2.34. The van der Waals surface area contributed by atoms with Gasteiger partial charge in [-0.25, -0.2) is 9.38 Å². The lowest BCUT2D eigenvalue weighted by atomic mass is 10.0. The van der Waals surface area contributed by atoms with Crippen molar-refractivity contribution in [1.82, 2.24) is 4.90 Å². The molecular weight excluding hydrogens is 275 g/mol. The molecule has 0 radical (unpaired) electrons. The molecule has 0 bridgehead atoms. The van der Waals surface area contributed by atoms with Gasteiger partial charge in [0, 0.05) is 26.1 Å². The molecule has 0 saturated carbocycles. The van der Waals surface area contributed by atoms with Gasteiger partial charge < -0.3 is 4.90 Å². The summed E-state index contributed by atoms with van der Waals surface area (Å²) in [5.74, 6) is -0.197. The fourth-order valence-electron chi connectivity index (χ4n) is 2.17. The summed E-state index contributed by atoms with van der Waals surface area (Å²) in [4.78, 5) is 6.31. The van der Waals surface area contributed by atoms with Gasteiger partial charge in [-0.1, -0.05) is 35.9 Å². The molecule has 116 valence electrons. The molecule has 2 rings (SSSR count). The van der Waals surface area contributed by atoms with Gasteiger partial charge in [0.1, 0.15) is 5.82 Å². The maximum absolute atomic E-state index is 14.3. The fraction of sp³-hybridized carbons (Fsp3) is 0.316. The van der Waals surface area contributed by atoms with Crippen LogP contribution in [-0.4, -0.2) is 24.8 Å². The van der Waals surface area contributed by atoms with E-state index >= 15 is 0 Å². The van der Waals surface area contributed by atoms with Crippen molar-refractivity contribution < 1.29 is 4.39 Å². The van der Waals surface area contributed by atoms with Crippen molar-refractivity contribution >= 4 is 12.0 Å². The van der Waals surface area contributed by atoms with Gasteiger partial charge in [0.05, 0.1) is 12.0 Å². The predicted molar refractivity (Wildman–Crippen MR) is 91.6 cm³/mol. The molecule has 2 nitrogen and oxygen atoms in total.